The molecule has 0 aliphatic carbocycles. The van der Waals surface area contributed by atoms with Gasteiger partial charge < -0.3 is 0 Å². The number of hydrogen-bond acceptors (Lipinski definition) is 5. The van der Waals surface area contributed by atoms with Crippen molar-refractivity contribution in [2.45, 2.75) is 0 Å². The molecular formula is C9H5ClN4O2. The zero-order valence-corrected chi connectivity index (χ0v) is 8.63. The van der Waals surface area contributed by atoms with E-state index in [4.69, 9.17) is 11.6 Å². The quantitative estimate of drug-likeness (QED) is 0.589. The first-order valence-corrected chi connectivity index (χ1v) is 4.64. The third-order valence-electron chi connectivity index (χ3n) is 1.88. The second kappa shape index (κ2) is 4.19. The minimum atomic E-state index is -0.468. The Hall–Kier alpha value is -2.08. The fourth-order valence-corrected chi connectivity index (χ4v) is 1.27. The van der Waals surface area contributed by atoms with Gasteiger partial charge in [-0.2, -0.15) is 4.98 Å². The van der Waals surface area contributed by atoms with Crippen LogP contribution in [0.25, 0.3) is 11.4 Å². The van der Waals surface area contributed by atoms with Crippen LogP contribution < -0.4 is 0 Å². The summed E-state index contributed by atoms with van der Waals surface area (Å²) in [6.07, 6.45) is 1.28. The van der Waals surface area contributed by atoms with Gasteiger partial charge in [-0.05, 0) is 23.7 Å². The van der Waals surface area contributed by atoms with E-state index in [0.29, 0.717) is 11.4 Å². The van der Waals surface area contributed by atoms with Crippen LogP contribution in [0.3, 0.4) is 0 Å². The van der Waals surface area contributed by atoms with Crippen LogP contribution in [0.5, 0.6) is 0 Å². The SMILES string of the molecule is O=[N+]([O-])c1ccc(-c2ncnc(Cl)n2)cc1. The molecule has 1 heterocycles. The monoisotopic (exact) mass is 236 g/mol. The third kappa shape index (κ3) is 2.12. The summed E-state index contributed by atoms with van der Waals surface area (Å²) in [5, 5.41) is 10.5. The minimum Gasteiger partial charge on any atom is -0.258 e. The summed E-state index contributed by atoms with van der Waals surface area (Å²) in [6.45, 7) is 0. The smallest absolute Gasteiger partial charge is 0.258 e. The van der Waals surface area contributed by atoms with Gasteiger partial charge in [0.2, 0.25) is 5.28 Å². The molecule has 1 aromatic heterocycles. The molecule has 1 aromatic carbocycles. The summed E-state index contributed by atoms with van der Waals surface area (Å²) in [7, 11) is 0. The number of benzene rings is 1. The molecule has 0 saturated carbocycles. The van der Waals surface area contributed by atoms with Gasteiger partial charge in [0.25, 0.3) is 5.69 Å². The lowest BCUT2D eigenvalue weighted by molar-refractivity contribution is -0.384. The molecule has 0 spiro atoms. The number of halogens is 1. The van der Waals surface area contributed by atoms with Gasteiger partial charge in [-0.1, -0.05) is 0 Å². The van der Waals surface area contributed by atoms with E-state index >= 15 is 0 Å². The van der Waals surface area contributed by atoms with Gasteiger partial charge in [-0.3, -0.25) is 10.1 Å². The predicted molar refractivity (Wildman–Crippen MR) is 56.9 cm³/mol. The lowest BCUT2D eigenvalue weighted by atomic mass is 10.2. The van der Waals surface area contributed by atoms with Gasteiger partial charge in [0.05, 0.1) is 4.92 Å². The molecule has 6 nitrogen and oxygen atoms in total. The summed E-state index contributed by atoms with van der Waals surface area (Å²) in [5.74, 6) is 0.384. The van der Waals surface area contributed by atoms with Crippen molar-refractivity contribution in [1.29, 1.82) is 0 Å². The Labute approximate surface area is 95.1 Å². The molecule has 0 amide bonds. The van der Waals surface area contributed by atoms with Crippen LogP contribution in [0.2, 0.25) is 5.28 Å². The zero-order valence-electron chi connectivity index (χ0n) is 7.87. The van der Waals surface area contributed by atoms with E-state index < -0.39 is 4.92 Å². The van der Waals surface area contributed by atoms with Crippen LogP contribution in [0.1, 0.15) is 0 Å². The average molecular weight is 237 g/mol. The highest BCUT2D eigenvalue weighted by Crippen LogP contribution is 2.19. The maximum atomic E-state index is 10.4. The third-order valence-corrected chi connectivity index (χ3v) is 2.06. The molecule has 16 heavy (non-hydrogen) atoms. The van der Waals surface area contributed by atoms with Gasteiger partial charge in [-0.15, -0.1) is 0 Å². The van der Waals surface area contributed by atoms with Crippen molar-refractivity contribution >= 4 is 17.3 Å². The second-order valence-electron chi connectivity index (χ2n) is 2.88. The Morgan fingerprint density at radius 3 is 2.44 bits per heavy atom. The highest BCUT2D eigenvalue weighted by atomic mass is 35.5. The summed E-state index contributed by atoms with van der Waals surface area (Å²) in [6, 6.07) is 5.88. The average Bonchev–Trinajstić information content (AvgIpc) is 2.29. The van der Waals surface area contributed by atoms with E-state index in [9.17, 15) is 10.1 Å². The second-order valence-corrected chi connectivity index (χ2v) is 3.22. The van der Waals surface area contributed by atoms with E-state index in [1.807, 2.05) is 0 Å². The Bertz CT molecular complexity index is 529. The molecule has 0 bridgehead atoms. The van der Waals surface area contributed by atoms with E-state index in [0.717, 1.165) is 0 Å². The first-order chi connectivity index (χ1) is 7.66. The summed E-state index contributed by atoms with van der Waals surface area (Å²) < 4.78 is 0. The molecule has 0 aliphatic rings. The van der Waals surface area contributed by atoms with Crippen LogP contribution in [-0.4, -0.2) is 19.9 Å². The zero-order chi connectivity index (χ0) is 11.5. The van der Waals surface area contributed by atoms with E-state index in [-0.39, 0.29) is 11.0 Å². The van der Waals surface area contributed by atoms with Crippen LogP contribution in [0, 0.1) is 10.1 Å². The lowest BCUT2D eigenvalue weighted by Gasteiger charge is -1.98. The standard InChI is InChI=1S/C9H5ClN4O2/c10-9-12-5-11-8(13-9)6-1-3-7(4-2-6)14(15)16/h1-5H. The van der Waals surface area contributed by atoms with Crippen molar-refractivity contribution in [3.8, 4) is 11.4 Å². The molecule has 0 aliphatic heterocycles. The van der Waals surface area contributed by atoms with Gasteiger partial charge in [0.15, 0.2) is 5.82 Å². The normalized spacial score (nSPS) is 10.1. The molecule has 0 fully saturated rings. The van der Waals surface area contributed by atoms with Crippen LogP contribution >= 0.6 is 11.6 Å². The van der Waals surface area contributed by atoms with Crippen molar-refractivity contribution in [3.05, 3.63) is 46.0 Å². The Morgan fingerprint density at radius 2 is 1.88 bits per heavy atom. The molecule has 7 heteroatoms. The maximum Gasteiger partial charge on any atom is 0.269 e. The molecule has 0 saturated heterocycles. The highest BCUT2D eigenvalue weighted by Gasteiger charge is 2.07. The molecule has 0 radical (unpaired) electrons. The van der Waals surface area contributed by atoms with Gasteiger partial charge in [0.1, 0.15) is 6.33 Å². The first-order valence-electron chi connectivity index (χ1n) is 4.26. The molecule has 0 unspecified atom stereocenters. The number of nitro benzene ring substituents is 1. The van der Waals surface area contributed by atoms with Gasteiger partial charge >= 0.3 is 0 Å². The van der Waals surface area contributed by atoms with Crippen LogP contribution in [0.4, 0.5) is 5.69 Å². The predicted octanol–water partition coefficient (Wildman–Crippen LogP) is 2.10. The van der Waals surface area contributed by atoms with Crippen molar-refractivity contribution in [2.24, 2.45) is 0 Å². The van der Waals surface area contributed by atoms with E-state index in [1.165, 1.54) is 18.5 Å². The minimum absolute atomic E-state index is 0.0175. The number of nitrogens with zero attached hydrogens (tertiary/aromatic N) is 4. The van der Waals surface area contributed by atoms with Crippen LogP contribution in [0.15, 0.2) is 30.6 Å². The number of aromatic nitrogens is 3. The lowest BCUT2D eigenvalue weighted by Crippen LogP contribution is -1.92. The number of non-ortho nitro benzene ring substituents is 1. The van der Waals surface area contributed by atoms with Crippen molar-refractivity contribution in [2.75, 3.05) is 0 Å². The van der Waals surface area contributed by atoms with Gasteiger partial charge in [0, 0.05) is 17.7 Å². The Balaban J connectivity index is 2.38. The Kier molecular flexibility index (Phi) is 2.74. The fourth-order valence-electron chi connectivity index (χ4n) is 1.15. The van der Waals surface area contributed by atoms with Crippen molar-refractivity contribution in [3.63, 3.8) is 0 Å². The van der Waals surface area contributed by atoms with Crippen molar-refractivity contribution in [1.82, 2.24) is 15.0 Å². The molecule has 2 rings (SSSR count). The van der Waals surface area contributed by atoms with Crippen LogP contribution in [-0.2, 0) is 0 Å². The molecule has 80 valence electrons. The van der Waals surface area contributed by atoms with E-state index in [1.54, 1.807) is 12.1 Å². The number of rotatable bonds is 2. The largest absolute Gasteiger partial charge is 0.269 e. The van der Waals surface area contributed by atoms with E-state index in [2.05, 4.69) is 15.0 Å². The van der Waals surface area contributed by atoms with Crippen molar-refractivity contribution < 1.29 is 4.92 Å². The molecule has 0 N–H and O–H groups in total. The fraction of sp³-hybridized carbons (Fsp3) is 0. The highest BCUT2D eigenvalue weighted by molar-refractivity contribution is 6.28. The molecular weight excluding hydrogens is 232 g/mol. The number of nitro groups is 1. The first kappa shape index (κ1) is 10.4. The number of hydrogen-bond donors (Lipinski definition) is 0. The summed E-state index contributed by atoms with van der Waals surface area (Å²) >= 11 is 5.61. The summed E-state index contributed by atoms with van der Waals surface area (Å²) in [5.41, 5.74) is 0.666. The van der Waals surface area contributed by atoms with Gasteiger partial charge in [-0.25, -0.2) is 9.97 Å². The maximum absolute atomic E-state index is 10.4. The topological polar surface area (TPSA) is 81.8 Å². The molecule has 2 aromatic rings. The summed E-state index contributed by atoms with van der Waals surface area (Å²) in [4.78, 5) is 21.4. The Morgan fingerprint density at radius 1 is 1.19 bits per heavy atom. The molecule has 0 atom stereocenters.